The monoisotopic (exact) mass is 577 g/mol. The summed E-state index contributed by atoms with van der Waals surface area (Å²) in [6.45, 7) is 2.98. The Kier molecular flexibility index (Phi) is 9.73. The number of amides is 2. The highest BCUT2D eigenvalue weighted by molar-refractivity contribution is 9.10. The Morgan fingerprint density at radius 2 is 1.77 bits per heavy atom. The molecule has 0 saturated heterocycles. The number of nitrogens with one attached hydrogen (secondary N) is 1. The highest BCUT2D eigenvalue weighted by atomic mass is 79.9. The summed E-state index contributed by atoms with van der Waals surface area (Å²) in [5.74, 6) is -1.17. The minimum absolute atomic E-state index is 0.0147. The fourth-order valence-corrected chi connectivity index (χ4v) is 4.55. The van der Waals surface area contributed by atoms with Gasteiger partial charge < -0.3 is 10.2 Å². The third-order valence-corrected chi connectivity index (χ3v) is 6.73. The summed E-state index contributed by atoms with van der Waals surface area (Å²) >= 11 is 3.35. The molecular weight excluding hydrogens is 551 g/mol. The number of hydrogen-bond acceptors (Lipinski definition) is 4. The Bertz CT molecular complexity index is 1160. The molecule has 0 heterocycles. The largest absolute Gasteiger partial charge is 0.416 e. The number of hydrogen-bond donors (Lipinski definition) is 1. The van der Waals surface area contributed by atoms with Crippen molar-refractivity contribution in [1.29, 1.82) is 0 Å². The van der Waals surface area contributed by atoms with Crippen molar-refractivity contribution >= 4 is 43.5 Å². The third kappa shape index (κ3) is 8.24. The Morgan fingerprint density at radius 3 is 2.34 bits per heavy atom. The Balaban J connectivity index is 2.43. The van der Waals surface area contributed by atoms with Crippen LogP contribution in [0, 0.1) is 0 Å². The summed E-state index contributed by atoms with van der Waals surface area (Å²) in [6, 6.07) is 9.79. The van der Waals surface area contributed by atoms with Crippen LogP contribution >= 0.6 is 15.9 Å². The van der Waals surface area contributed by atoms with Crippen LogP contribution in [0.3, 0.4) is 0 Å². The van der Waals surface area contributed by atoms with Gasteiger partial charge in [0.05, 0.1) is 17.5 Å². The highest BCUT2D eigenvalue weighted by Gasteiger charge is 2.33. The van der Waals surface area contributed by atoms with Crippen molar-refractivity contribution in [3.63, 3.8) is 0 Å². The molecular formula is C23H27BrF3N3O4S. The Morgan fingerprint density at radius 1 is 1.11 bits per heavy atom. The number of alkyl halides is 3. The van der Waals surface area contributed by atoms with E-state index >= 15 is 0 Å². The third-order valence-electron chi connectivity index (χ3n) is 5.10. The summed E-state index contributed by atoms with van der Waals surface area (Å²) in [4.78, 5) is 27.2. The molecule has 0 fully saturated rings. The SMILES string of the molecule is CCCNC(=O)[C@@H](C)N(Cc1cccc(Br)c1)C(=O)CN(c1cccc(C(F)(F)F)c1)S(C)(=O)=O. The van der Waals surface area contributed by atoms with Gasteiger partial charge in [-0.05, 0) is 49.2 Å². The molecule has 0 bridgehead atoms. The van der Waals surface area contributed by atoms with Gasteiger partial charge in [-0.2, -0.15) is 13.2 Å². The van der Waals surface area contributed by atoms with Crippen LogP contribution in [0.4, 0.5) is 18.9 Å². The second-order valence-corrected chi connectivity index (χ2v) is 10.8. The summed E-state index contributed by atoms with van der Waals surface area (Å²) in [7, 11) is -4.14. The maximum absolute atomic E-state index is 13.4. The standard InChI is InChI=1S/C23H27BrF3N3O4S/c1-4-11-28-22(32)16(2)29(14-17-7-5-9-19(24)12-17)21(31)15-30(35(3,33)34)20-10-6-8-18(13-20)23(25,26)27/h5-10,12-13,16H,4,11,14-15H2,1-3H3,(H,28,32)/t16-/m1/s1. The van der Waals surface area contributed by atoms with Gasteiger partial charge in [-0.1, -0.05) is 41.1 Å². The van der Waals surface area contributed by atoms with Gasteiger partial charge in [-0.3, -0.25) is 13.9 Å². The lowest BCUT2D eigenvalue weighted by atomic mass is 10.1. The second-order valence-electron chi connectivity index (χ2n) is 7.94. The van der Waals surface area contributed by atoms with Gasteiger partial charge in [0.1, 0.15) is 12.6 Å². The molecule has 2 amide bonds. The maximum atomic E-state index is 13.4. The zero-order chi connectivity index (χ0) is 26.4. The molecule has 0 aliphatic rings. The van der Waals surface area contributed by atoms with E-state index in [1.807, 2.05) is 6.92 Å². The number of carbonyl (C=O) groups is 2. The molecule has 12 heteroatoms. The molecule has 2 aromatic rings. The first-order valence-corrected chi connectivity index (χ1v) is 13.3. The van der Waals surface area contributed by atoms with Gasteiger partial charge in [-0.25, -0.2) is 8.42 Å². The molecule has 0 aromatic heterocycles. The zero-order valence-corrected chi connectivity index (χ0v) is 21.9. The normalized spacial score (nSPS) is 12.7. The van der Waals surface area contributed by atoms with Gasteiger partial charge in [0.2, 0.25) is 21.8 Å². The van der Waals surface area contributed by atoms with Crippen molar-refractivity contribution in [3.8, 4) is 0 Å². The van der Waals surface area contributed by atoms with E-state index in [9.17, 15) is 31.2 Å². The van der Waals surface area contributed by atoms with Crippen molar-refractivity contribution in [1.82, 2.24) is 10.2 Å². The van der Waals surface area contributed by atoms with Crippen molar-refractivity contribution in [3.05, 3.63) is 64.1 Å². The van der Waals surface area contributed by atoms with Crippen molar-refractivity contribution in [2.45, 2.75) is 39.0 Å². The predicted molar refractivity (Wildman–Crippen MR) is 131 cm³/mol. The topological polar surface area (TPSA) is 86.8 Å². The second kappa shape index (κ2) is 11.9. The Hall–Kier alpha value is -2.60. The van der Waals surface area contributed by atoms with E-state index in [2.05, 4.69) is 21.2 Å². The lowest BCUT2D eigenvalue weighted by molar-refractivity contribution is -0.139. The summed E-state index contributed by atoms with van der Waals surface area (Å²) in [6.07, 6.45) is -3.21. The van der Waals surface area contributed by atoms with E-state index in [-0.39, 0.29) is 12.2 Å². The van der Waals surface area contributed by atoms with Crippen LogP contribution in [0.2, 0.25) is 0 Å². The molecule has 35 heavy (non-hydrogen) atoms. The lowest BCUT2D eigenvalue weighted by Crippen LogP contribution is -2.51. The highest BCUT2D eigenvalue weighted by Crippen LogP contribution is 2.32. The molecule has 2 aromatic carbocycles. The number of rotatable bonds is 10. The van der Waals surface area contributed by atoms with E-state index in [1.165, 1.54) is 17.9 Å². The molecule has 0 aliphatic carbocycles. The van der Waals surface area contributed by atoms with E-state index in [4.69, 9.17) is 0 Å². The molecule has 7 nitrogen and oxygen atoms in total. The van der Waals surface area contributed by atoms with Crippen molar-refractivity contribution in [2.24, 2.45) is 0 Å². The van der Waals surface area contributed by atoms with Crippen LogP contribution in [0.25, 0.3) is 0 Å². The van der Waals surface area contributed by atoms with Crippen LogP contribution in [0.15, 0.2) is 53.0 Å². The van der Waals surface area contributed by atoms with Crippen LogP contribution in [-0.4, -0.2) is 50.5 Å². The summed E-state index contributed by atoms with van der Waals surface area (Å²) in [5.41, 5.74) is -0.677. The average molecular weight is 578 g/mol. The number of benzene rings is 2. The minimum atomic E-state index is -4.69. The summed E-state index contributed by atoms with van der Waals surface area (Å²) < 4.78 is 65.9. The number of nitrogens with zero attached hydrogens (tertiary/aromatic N) is 2. The van der Waals surface area contributed by atoms with Crippen LogP contribution < -0.4 is 9.62 Å². The first-order valence-electron chi connectivity index (χ1n) is 10.7. The van der Waals surface area contributed by atoms with E-state index in [1.54, 1.807) is 24.3 Å². The van der Waals surface area contributed by atoms with E-state index < -0.39 is 46.2 Å². The number of carbonyl (C=O) groups excluding carboxylic acids is 2. The van der Waals surface area contributed by atoms with Crippen LogP contribution in [0.5, 0.6) is 0 Å². The molecule has 1 atom stereocenters. The van der Waals surface area contributed by atoms with E-state index in [0.29, 0.717) is 28.9 Å². The van der Waals surface area contributed by atoms with Crippen LogP contribution in [0.1, 0.15) is 31.4 Å². The molecule has 0 unspecified atom stereocenters. The first-order chi connectivity index (χ1) is 16.2. The smallest absolute Gasteiger partial charge is 0.354 e. The molecule has 0 radical (unpaired) electrons. The average Bonchev–Trinajstić information content (AvgIpc) is 2.77. The van der Waals surface area contributed by atoms with Gasteiger partial charge in [0.15, 0.2) is 0 Å². The fraction of sp³-hybridized carbons (Fsp3) is 0.391. The Labute approximate surface area is 211 Å². The van der Waals surface area contributed by atoms with Gasteiger partial charge in [-0.15, -0.1) is 0 Å². The van der Waals surface area contributed by atoms with Gasteiger partial charge >= 0.3 is 6.18 Å². The maximum Gasteiger partial charge on any atom is 0.416 e. The van der Waals surface area contributed by atoms with E-state index in [0.717, 1.165) is 22.9 Å². The van der Waals surface area contributed by atoms with Crippen LogP contribution in [-0.2, 0) is 32.3 Å². The predicted octanol–water partition coefficient (Wildman–Crippen LogP) is 4.18. The van der Waals surface area contributed by atoms with Crippen molar-refractivity contribution in [2.75, 3.05) is 23.7 Å². The molecule has 0 saturated carbocycles. The van der Waals surface area contributed by atoms with Gasteiger partial charge in [0.25, 0.3) is 0 Å². The first kappa shape index (κ1) is 28.6. The fourth-order valence-electron chi connectivity index (χ4n) is 3.26. The number of halogens is 4. The zero-order valence-electron chi connectivity index (χ0n) is 19.5. The minimum Gasteiger partial charge on any atom is -0.354 e. The lowest BCUT2D eigenvalue weighted by Gasteiger charge is -2.31. The number of sulfonamides is 1. The molecule has 0 aliphatic heterocycles. The molecule has 1 N–H and O–H groups in total. The van der Waals surface area contributed by atoms with Crippen molar-refractivity contribution < 1.29 is 31.2 Å². The molecule has 192 valence electrons. The molecule has 0 spiro atoms. The van der Waals surface area contributed by atoms with Gasteiger partial charge in [0, 0.05) is 17.6 Å². The number of anilines is 1. The summed E-state index contributed by atoms with van der Waals surface area (Å²) in [5, 5.41) is 2.70. The quantitative estimate of drug-likeness (QED) is 0.459. The molecule has 2 rings (SSSR count).